The van der Waals surface area contributed by atoms with Crippen LogP contribution in [0.1, 0.15) is 20.2 Å². The van der Waals surface area contributed by atoms with Crippen molar-refractivity contribution in [1.29, 1.82) is 0 Å². The van der Waals surface area contributed by atoms with Crippen molar-refractivity contribution in [1.82, 2.24) is 14.9 Å². The van der Waals surface area contributed by atoms with Crippen LogP contribution in [-0.2, 0) is 6.54 Å². The molecule has 0 atom stereocenters. The molecule has 0 aliphatic rings. The summed E-state index contributed by atoms with van der Waals surface area (Å²) in [6.45, 7) is 2.43. The number of amides is 1. The van der Waals surface area contributed by atoms with Crippen molar-refractivity contribution in [2.24, 2.45) is 0 Å². The molecule has 4 nitrogen and oxygen atoms in total. The Balaban J connectivity index is 2.14. The highest BCUT2D eigenvalue weighted by Gasteiger charge is 2.14. The number of aryl methyl sites for hydroxylation is 1. The Kier molecular flexibility index (Phi) is 4.39. The molecule has 0 aromatic carbocycles. The number of rotatable bonds is 3. The molecular formula is C12H11Cl2N3OS. The van der Waals surface area contributed by atoms with Crippen molar-refractivity contribution in [2.75, 3.05) is 7.05 Å². The Morgan fingerprint density at radius 1 is 1.37 bits per heavy atom. The normalized spacial score (nSPS) is 10.5. The van der Waals surface area contributed by atoms with Crippen molar-refractivity contribution >= 4 is 40.4 Å². The summed E-state index contributed by atoms with van der Waals surface area (Å²) in [6, 6.07) is 3.01. The molecule has 0 saturated carbocycles. The van der Waals surface area contributed by atoms with Crippen LogP contribution in [0.3, 0.4) is 0 Å². The molecule has 7 heteroatoms. The van der Waals surface area contributed by atoms with Gasteiger partial charge in [-0.25, -0.2) is 9.97 Å². The smallest absolute Gasteiger partial charge is 0.254 e. The molecule has 19 heavy (non-hydrogen) atoms. The number of carbonyl (C=O) groups is 1. The Morgan fingerprint density at radius 3 is 2.53 bits per heavy atom. The molecule has 2 aromatic heterocycles. The summed E-state index contributed by atoms with van der Waals surface area (Å²) in [4.78, 5) is 22.8. The molecule has 0 aliphatic carbocycles. The maximum absolute atomic E-state index is 12.2. The Bertz CT molecular complexity index is 595. The monoisotopic (exact) mass is 315 g/mol. The molecule has 0 saturated heterocycles. The lowest BCUT2D eigenvalue weighted by Gasteiger charge is -2.16. The SMILES string of the molecule is Cc1ncc(CN(C)C(=O)c2cc(Cl)nc(Cl)c2)s1. The molecule has 0 fully saturated rings. The van der Waals surface area contributed by atoms with Gasteiger partial charge in [0.25, 0.3) is 5.91 Å². The summed E-state index contributed by atoms with van der Waals surface area (Å²) in [5.74, 6) is -0.155. The van der Waals surface area contributed by atoms with E-state index in [1.54, 1.807) is 29.5 Å². The number of carbonyl (C=O) groups excluding carboxylic acids is 1. The standard InChI is InChI=1S/C12H11Cl2N3OS/c1-7-15-5-9(19-7)6-17(2)12(18)8-3-10(13)16-11(14)4-8/h3-5H,6H2,1-2H3. The third-order valence-electron chi connectivity index (χ3n) is 2.42. The molecule has 0 unspecified atom stereocenters. The minimum Gasteiger partial charge on any atom is -0.337 e. The van der Waals surface area contributed by atoms with Crippen LogP contribution in [0.5, 0.6) is 0 Å². The first-order valence-corrected chi connectivity index (χ1v) is 7.03. The first-order chi connectivity index (χ1) is 8.95. The maximum atomic E-state index is 12.2. The van der Waals surface area contributed by atoms with E-state index in [-0.39, 0.29) is 16.2 Å². The molecule has 2 rings (SSSR count). The fraction of sp³-hybridized carbons (Fsp3) is 0.250. The molecule has 0 aliphatic heterocycles. The van der Waals surface area contributed by atoms with Crippen LogP contribution in [-0.4, -0.2) is 27.8 Å². The Hall–Kier alpha value is -1.17. The molecule has 2 heterocycles. The number of aromatic nitrogens is 2. The number of hydrogen-bond acceptors (Lipinski definition) is 4. The molecule has 0 radical (unpaired) electrons. The van der Waals surface area contributed by atoms with Gasteiger partial charge in [0, 0.05) is 23.7 Å². The van der Waals surface area contributed by atoms with Crippen LogP contribution in [0.15, 0.2) is 18.3 Å². The van der Waals surface area contributed by atoms with Gasteiger partial charge < -0.3 is 4.90 Å². The average molecular weight is 316 g/mol. The lowest BCUT2D eigenvalue weighted by Crippen LogP contribution is -2.25. The first-order valence-electron chi connectivity index (χ1n) is 5.45. The lowest BCUT2D eigenvalue weighted by molar-refractivity contribution is 0.0786. The third kappa shape index (κ3) is 3.65. The quantitative estimate of drug-likeness (QED) is 0.815. The maximum Gasteiger partial charge on any atom is 0.254 e. The number of halogens is 2. The summed E-state index contributed by atoms with van der Waals surface area (Å²) >= 11 is 13.1. The summed E-state index contributed by atoms with van der Waals surface area (Å²) < 4.78 is 0. The van der Waals surface area contributed by atoms with Gasteiger partial charge in [0.05, 0.1) is 11.6 Å². The van der Waals surface area contributed by atoms with Crippen molar-refractivity contribution < 1.29 is 4.79 Å². The van der Waals surface area contributed by atoms with Crippen LogP contribution >= 0.6 is 34.5 Å². The zero-order valence-electron chi connectivity index (χ0n) is 10.4. The highest BCUT2D eigenvalue weighted by molar-refractivity contribution is 7.11. The van der Waals surface area contributed by atoms with E-state index in [2.05, 4.69) is 9.97 Å². The van der Waals surface area contributed by atoms with Gasteiger partial charge in [0.1, 0.15) is 10.3 Å². The molecule has 100 valence electrons. The largest absolute Gasteiger partial charge is 0.337 e. The zero-order chi connectivity index (χ0) is 14.0. The number of hydrogen-bond donors (Lipinski definition) is 0. The minimum atomic E-state index is -0.155. The molecule has 0 spiro atoms. The first kappa shape index (κ1) is 14.2. The fourth-order valence-corrected chi connectivity index (χ4v) is 2.90. The second-order valence-electron chi connectivity index (χ2n) is 4.01. The fourth-order valence-electron chi connectivity index (χ4n) is 1.59. The predicted molar refractivity (Wildman–Crippen MR) is 76.9 cm³/mol. The Labute approximate surface area is 125 Å². The number of pyridine rings is 1. The van der Waals surface area contributed by atoms with E-state index in [9.17, 15) is 4.79 Å². The van der Waals surface area contributed by atoms with Gasteiger partial charge in [-0.15, -0.1) is 11.3 Å². The zero-order valence-corrected chi connectivity index (χ0v) is 12.7. The summed E-state index contributed by atoms with van der Waals surface area (Å²) in [5.41, 5.74) is 0.425. The van der Waals surface area contributed by atoms with Crippen LogP contribution in [0.25, 0.3) is 0 Å². The van der Waals surface area contributed by atoms with Crippen molar-refractivity contribution in [3.05, 3.63) is 44.1 Å². The highest BCUT2D eigenvalue weighted by Crippen LogP contribution is 2.18. The third-order valence-corrected chi connectivity index (χ3v) is 3.70. The van der Waals surface area contributed by atoms with E-state index in [1.807, 2.05) is 6.92 Å². The van der Waals surface area contributed by atoms with E-state index >= 15 is 0 Å². The number of nitrogens with zero attached hydrogens (tertiary/aromatic N) is 3. The minimum absolute atomic E-state index is 0.155. The lowest BCUT2D eigenvalue weighted by atomic mass is 10.2. The van der Waals surface area contributed by atoms with Gasteiger partial charge in [0.2, 0.25) is 0 Å². The average Bonchev–Trinajstić information content (AvgIpc) is 2.72. The van der Waals surface area contributed by atoms with Gasteiger partial charge in [-0.2, -0.15) is 0 Å². The van der Waals surface area contributed by atoms with Crippen LogP contribution in [0.2, 0.25) is 10.3 Å². The van der Waals surface area contributed by atoms with Crippen LogP contribution in [0, 0.1) is 6.92 Å². The van der Waals surface area contributed by atoms with Crippen LogP contribution in [0.4, 0.5) is 0 Å². The van der Waals surface area contributed by atoms with Crippen LogP contribution < -0.4 is 0 Å². The van der Waals surface area contributed by atoms with Gasteiger partial charge in [-0.05, 0) is 19.1 Å². The molecule has 0 N–H and O–H groups in total. The molecule has 1 amide bonds. The van der Waals surface area contributed by atoms with Gasteiger partial charge in [-0.3, -0.25) is 4.79 Å². The van der Waals surface area contributed by atoms with Crippen molar-refractivity contribution in [3.8, 4) is 0 Å². The van der Waals surface area contributed by atoms with Gasteiger partial charge in [0.15, 0.2) is 0 Å². The van der Waals surface area contributed by atoms with E-state index in [1.165, 1.54) is 12.1 Å². The molecule has 0 bridgehead atoms. The molecule has 2 aromatic rings. The van der Waals surface area contributed by atoms with E-state index in [0.717, 1.165) is 9.88 Å². The summed E-state index contributed by atoms with van der Waals surface area (Å²) in [5, 5.41) is 1.39. The second-order valence-corrected chi connectivity index (χ2v) is 6.10. The summed E-state index contributed by atoms with van der Waals surface area (Å²) in [7, 11) is 1.72. The van der Waals surface area contributed by atoms with E-state index < -0.39 is 0 Å². The van der Waals surface area contributed by atoms with Crippen molar-refractivity contribution in [3.63, 3.8) is 0 Å². The number of thiazole rings is 1. The van der Waals surface area contributed by atoms with Gasteiger partial charge in [-0.1, -0.05) is 23.2 Å². The highest BCUT2D eigenvalue weighted by atomic mass is 35.5. The Morgan fingerprint density at radius 2 is 2.00 bits per heavy atom. The van der Waals surface area contributed by atoms with Gasteiger partial charge >= 0.3 is 0 Å². The van der Waals surface area contributed by atoms with E-state index in [0.29, 0.717) is 12.1 Å². The van der Waals surface area contributed by atoms with Crippen molar-refractivity contribution in [2.45, 2.75) is 13.5 Å². The summed E-state index contributed by atoms with van der Waals surface area (Å²) in [6.07, 6.45) is 1.77. The molecular weight excluding hydrogens is 305 g/mol. The van der Waals surface area contributed by atoms with E-state index in [4.69, 9.17) is 23.2 Å². The topological polar surface area (TPSA) is 46.1 Å². The second kappa shape index (κ2) is 5.86. The predicted octanol–water partition coefficient (Wildman–Crippen LogP) is 3.43.